The molecule has 2 rings (SSSR count). The summed E-state index contributed by atoms with van der Waals surface area (Å²) in [6.45, 7) is 0.405. The van der Waals surface area contributed by atoms with Gasteiger partial charge < -0.3 is 14.7 Å². The zero-order valence-electron chi connectivity index (χ0n) is 10.9. The van der Waals surface area contributed by atoms with Crippen molar-refractivity contribution in [1.29, 1.82) is 0 Å². The van der Waals surface area contributed by atoms with E-state index in [-0.39, 0.29) is 18.5 Å². The fourth-order valence-corrected chi connectivity index (χ4v) is 2.25. The maximum atomic E-state index is 12.1. The summed E-state index contributed by atoms with van der Waals surface area (Å²) in [6.07, 6.45) is -0.0761. The molecule has 0 aromatic heterocycles. The van der Waals surface area contributed by atoms with Crippen LogP contribution in [0.5, 0.6) is 5.75 Å². The Labute approximate surface area is 111 Å². The monoisotopic (exact) mass is 264 g/mol. The average molecular weight is 264 g/mol. The van der Waals surface area contributed by atoms with Crippen LogP contribution in [-0.2, 0) is 4.79 Å². The molecule has 1 N–H and O–H groups in total. The van der Waals surface area contributed by atoms with Gasteiger partial charge in [-0.05, 0) is 12.1 Å². The zero-order chi connectivity index (χ0) is 14.0. The minimum atomic E-state index is -0.916. The lowest BCUT2D eigenvalue weighted by Crippen LogP contribution is -2.35. The molecule has 1 atom stereocenters. The maximum absolute atomic E-state index is 12.1. The van der Waals surface area contributed by atoms with Crippen molar-refractivity contribution in [2.24, 2.45) is 0 Å². The van der Waals surface area contributed by atoms with E-state index >= 15 is 0 Å². The predicted molar refractivity (Wildman–Crippen MR) is 69.5 cm³/mol. The van der Waals surface area contributed by atoms with Gasteiger partial charge >= 0.3 is 12.0 Å². The Balaban J connectivity index is 2.32. The SMILES string of the molecule is COc1cccc(N2C(=O)N(C)CC2CC(=O)O)c1. The number of aliphatic carboxylic acids is 1. The van der Waals surface area contributed by atoms with Gasteiger partial charge in [0.1, 0.15) is 5.75 Å². The number of ether oxygens (including phenoxy) is 1. The van der Waals surface area contributed by atoms with Crippen LogP contribution in [-0.4, -0.2) is 48.8 Å². The van der Waals surface area contributed by atoms with E-state index in [0.717, 1.165) is 0 Å². The molecule has 1 aliphatic heterocycles. The largest absolute Gasteiger partial charge is 0.497 e. The van der Waals surface area contributed by atoms with Crippen LogP contribution in [0.25, 0.3) is 0 Å². The van der Waals surface area contributed by atoms with Crippen LogP contribution in [0, 0.1) is 0 Å². The lowest BCUT2D eigenvalue weighted by molar-refractivity contribution is -0.137. The van der Waals surface area contributed by atoms with Crippen LogP contribution in [0.15, 0.2) is 24.3 Å². The fraction of sp³-hybridized carbons (Fsp3) is 0.385. The van der Waals surface area contributed by atoms with E-state index in [1.165, 1.54) is 9.80 Å². The van der Waals surface area contributed by atoms with E-state index in [2.05, 4.69) is 0 Å². The van der Waals surface area contributed by atoms with Gasteiger partial charge in [-0.15, -0.1) is 0 Å². The number of hydrogen-bond acceptors (Lipinski definition) is 3. The van der Waals surface area contributed by atoms with Gasteiger partial charge in [-0.3, -0.25) is 9.69 Å². The lowest BCUT2D eigenvalue weighted by atomic mass is 10.1. The first-order chi connectivity index (χ1) is 9.02. The highest BCUT2D eigenvalue weighted by Crippen LogP contribution is 2.28. The van der Waals surface area contributed by atoms with Crippen molar-refractivity contribution in [3.63, 3.8) is 0 Å². The Kier molecular flexibility index (Phi) is 3.59. The van der Waals surface area contributed by atoms with Gasteiger partial charge in [-0.2, -0.15) is 0 Å². The lowest BCUT2D eigenvalue weighted by Gasteiger charge is -2.22. The predicted octanol–water partition coefficient (Wildman–Crippen LogP) is 1.41. The molecule has 0 aliphatic carbocycles. The van der Waals surface area contributed by atoms with Gasteiger partial charge in [-0.25, -0.2) is 4.79 Å². The average Bonchev–Trinajstić information content (AvgIpc) is 2.64. The molecule has 1 aromatic carbocycles. The van der Waals surface area contributed by atoms with Crippen molar-refractivity contribution in [1.82, 2.24) is 4.90 Å². The van der Waals surface area contributed by atoms with Gasteiger partial charge in [-0.1, -0.05) is 6.07 Å². The molecular formula is C13H16N2O4. The standard InChI is InChI=1S/C13H16N2O4/c1-14-8-10(7-12(16)17)15(13(14)18)9-4-3-5-11(6-9)19-2/h3-6,10H,7-8H2,1-2H3,(H,16,17). The van der Waals surface area contributed by atoms with Crippen LogP contribution in [0.4, 0.5) is 10.5 Å². The molecule has 1 fully saturated rings. The summed E-state index contributed by atoms with van der Waals surface area (Å²) in [5, 5.41) is 8.93. The number of likely N-dealkylation sites (N-methyl/N-ethyl adjacent to an activating group) is 1. The molecule has 2 amide bonds. The summed E-state index contributed by atoms with van der Waals surface area (Å²) in [6, 6.07) is 6.50. The summed E-state index contributed by atoms with van der Waals surface area (Å²) in [4.78, 5) is 26.0. The number of carbonyl (C=O) groups excluding carboxylic acids is 1. The number of urea groups is 1. The molecule has 102 valence electrons. The third-order valence-electron chi connectivity index (χ3n) is 3.12. The van der Waals surface area contributed by atoms with E-state index < -0.39 is 5.97 Å². The van der Waals surface area contributed by atoms with Gasteiger partial charge in [0.2, 0.25) is 0 Å². The molecule has 0 radical (unpaired) electrons. The molecule has 0 bridgehead atoms. The number of carboxylic acid groups (broad SMARTS) is 1. The van der Waals surface area contributed by atoms with E-state index in [0.29, 0.717) is 18.0 Å². The Morgan fingerprint density at radius 2 is 2.26 bits per heavy atom. The molecule has 19 heavy (non-hydrogen) atoms. The maximum Gasteiger partial charge on any atom is 0.324 e. The second-order valence-corrected chi connectivity index (χ2v) is 4.49. The number of carbonyl (C=O) groups is 2. The minimum Gasteiger partial charge on any atom is -0.497 e. The first-order valence-electron chi connectivity index (χ1n) is 5.93. The van der Waals surface area contributed by atoms with Crippen molar-refractivity contribution in [2.75, 3.05) is 25.6 Å². The first kappa shape index (κ1) is 13.2. The van der Waals surface area contributed by atoms with E-state index in [1.807, 2.05) is 0 Å². The highest BCUT2D eigenvalue weighted by molar-refractivity contribution is 5.95. The van der Waals surface area contributed by atoms with Gasteiger partial charge in [0.25, 0.3) is 0 Å². The van der Waals surface area contributed by atoms with Crippen LogP contribution < -0.4 is 9.64 Å². The van der Waals surface area contributed by atoms with Crippen LogP contribution in [0.1, 0.15) is 6.42 Å². The van der Waals surface area contributed by atoms with Crippen LogP contribution >= 0.6 is 0 Å². The second-order valence-electron chi connectivity index (χ2n) is 4.49. The minimum absolute atomic E-state index is 0.0761. The summed E-state index contributed by atoms with van der Waals surface area (Å²) >= 11 is 0. The van der Waals surface area contributed by atoms with Crippen molar-refractivity contribution in [3.8, 4) is 5.75 Å². The Hall–Kier alpha value is -2.24. The summed E-state index contributed by atoms with van der Waals surface area (Å²) in [5.74, 6) is -0.282. The molecule has 1 saturated heterocycles. The van der Waals surface area contributed by atoms with E-state index in [9.17, 15) is 9.59 Å². The Morgan fingerprint density at radius 1 is 1.53 bits per heavy atom. The molecule has 6 heteroatoms. The van der Waals surface area contributed by atoms with E-state index in [1.54, 1.807) is 38.4 Å². The van der Waals surface area contributed by atoms with Crippen LogP contribution in [0.2, 0.25) is 0 Å². The molecule has 0 saturated carbocycles. The number of nitrogens with zero attached hydrogens (tertiary/aromatic N) is 2. The van der Waals surface area contributed by atoms with Gasteiger partial charge in [0.15, 0.2) is 0 Å². The molecule has 0 spiro atoms. The zero-order valence-corrected chi connectivity index (χ0v) is 10.9. The smallest absolute Gasteiger partial charge is 0.324 e. The number of rotatable bonds is 4. The third kappa shape index (κ3) is 2.62. The molecule has 6 nitrogen and oxygen atoms in total. The van der Waals surface area contributed by atoms with Crippen molar-refractivity contribution in [2.45, 2.75) is 12.5 Å². The normalized spacial score (nSPS) is 18.8. The number of methoxy groups -OCH3 is 1. The van der Waals surface area contributed by atoms with Gasteiger partial charge in [0, 0.05) is 25.3 Å². The van der Waals surface area contributed by atoms with Gasteiger partial charge in [0.05, 0.1) is 19.6 Å². The van der Waals surface area contributed by atoms with E-state index in [4.69, 9.17) is 9.84 Å². The van der Waals surface area contributed by atoms with Crippen molar-refractivity contribution in [3.05, 3.63) is 24.3 Å². The Bertz CT molecular complexity index is 503. The van der Waals surface area contributed by atoms with Crippen LogP contribution in [0.3, 0.4) is 0 Å². The highest BCUT2D eigenvalue weighted by Gasteiger charge is 2.37. The first-order valence-corrected chi connectivity index (χ1v) is 5.93. The third-order valence-corrected chi connectivity index (χ3v) is 3.12. The second kappa shape index (κ2) is 5.17. The number of hydrogen-bond donors (Lipinski definition) is 1. The van der Waals surface area contributed by atoms with Crippen molar-refractivity contribution < 1.29 is 19.4 Å². The topological polar surface area (TPSA) is 70.1 Å². The molecule has 1 aliphatic rings. The molecule has 1 aromatic rings. The number of amides is 2. The molecule has 1 unspecified atom stereocenters. The molecular weight excluding hydrogens is 248 g/mol. The Morgan fingerprint density at radius 3 is 2.89 bits per heavy atom. The molecule has 1 heterocycles. The summed E-state index contributed by atoms with van der Waals surface area (Å²) in [5.41, 5.74) is 0.653. The number of benzene rings is 1. The fourth-order valence-electron chi connectivity index (χ4n) is 2.25. The summed E-state index contributed by atoms with van der Waals surface area (Å²) in [7, 11) is 3.21. The highest BCUT2D eigenvalue weighted by atomic mass is 16.5. The van der Waals surface area contributed by atoms with Crippen molar-refractivity contribution >= 4 is 17.7 Å². The number of anilines is 1. The summed E-state index contributed by atoms with van der Waals surface area (Å²) < 4.78 is 5.12. The number of carboxylic acids is 1. The quantitative estimate of drug-likeness (QED) is 0.892.